The van der Waals surface area contributed by atoms with E-state index in [-0.39, 0.29) is 6.10 Å². The van der Waals surface area contributed by atoms with Crippen LogP contribution in [0.3, 0.4) is 0 Å². The van der Waals surface area contributed by atoms with Crippen LogP contribution in [-0.2, 0) is 4.74 Å². The number of rotatable bonds is 4. The summed E-state index contributed by atoms with van der Waals surface area (Å²) >= 11 is 0. The second-order valence-electron chi connectivity index (χ2n) is 3.46. The molecule has 2 atom stereocenters. The Morgan fingerprint density at radius 3 is 2.00 bits per heavy atom. The minimum absolute atomic E-state index is 0.303. The number of hydrogen-bond donors (Lipinski definition) is 2. The molecule has 0 aliphatic carbocycles. The summed E-state index contributed by atoms with van der Waals surface area (Å²) < 4.78 is 5.02. The molecule has 68 valence electrons. The molecule has 0 aliphatic heterocycles. The van der Waals surface area contributed by atoms with E-state index >= 15 is 0 Å². The Morgan fingerprint density at radius 1 is 1.45 bits per heavy atom. The topological polar surface area (TPSA) is 49.7 Å². The second kappa shape index (κ2) is 4.04. The SMILES string of the molecule is COC(CC(C)O)C(C)(C)O. The maximum Gasteiger partial charge on any atom is 0.0877 e. The molecule has 0 rings (SSSR count). The molecule has 0 radical (unpaired) electrons. The van der Waals surface area contributed by atoms with Gasteiger partial charge in [-0.25, -0.2) is 0 Å². The molecule has 0 spiro atoms. The Kier molecular flexibility index (Phi) is 4.00. The van der Waals surface area contributed by atoms with E-state index in [4.69, 9.17) is 9.84 Å². The third kappa shape index (κ3) is 4.35. The van der Waals surface area contributed by atoms with Gasteiger partial charge in [0, 0.05) is 13.5 Å². The van der Waals surface area contributed by atoms with Crippen LogP contribution in [0.15, 0.2) is 0 Å². The second-order valence-corrected chi connectivity index (χ2v) is 3.46. The predicted octanol–water partition coefficient (Wildman–Crippen LogP) is 0.543. The lowest BCUT2D eigenvalue weighted by Gasteiger charge is -2.28. The van der Waals surface area contributed by atoms with Crippen LogP contribution in [0.25, 0.3) is 0 Å². The van der Waals surface area contributed by atoms with Crippen molar-refractivity contribution in [1.29, 1.82) is 0 Å². The summed E-state index contributed by atoms with van der Waals surface area (Å²) in [5, 5.41) is 18.5. The van der Waals surface area contributed by atoms with Gasteiger partial charge in [0.2, 0.25) is 0 Å². The molecule has 0 saturated carbocycles. The van der Waals surface area contributed by atoms with Gasteiger partial charge in [-0.1, -0.05) is 0 Å². The van der Waals surface area contributed by atoms with Gasteiger partial charge in [-0.2, -0.15) is 0 Å². The average Bonchev–Trinajstić information content (AvgIpc) is 1.79. The Bertz CT molecular complexity index is 104. The van der Waals surface area contributed by atoms with Crippen LogP contribution in [0, 0.1) is 0 Å². The fourth-order valence-corrected chi connectivity index (χ4v) is 0.983. The Balaban J connectivity index is 3.96. The van der Waals surface area contributed by atoms with Crippen LogP contribution in [0.2, 0.25) is 0 Å². The van der Waals surface area contributed by atoms with E-state index in [2.05, 4.69) is 0 Å². The van der Waals surface area contributed by atoms with Gasteiger partial charge in [-0.15, -0.1) is 0 Å². The fraction of sp³-hybridized carbons (Fsp3) is 1.00. The van der Waals surface area contributed by atoms with Gasteiger partial charge in [0.1, 0.15) is 0 Å². The third-order valence-corrected chi connectivity index (χ3v) is 1.63. The van der Waals surface area contributed by atoms with Crippen molar-refractivity contribution in [2.45, 2.75) is 45.0 Å². The van der Waals surface area contributed by atoms with Gasteiger partial charge >= 0.3 is 0 Å². The van der Waals surface area contributed by atoms with Crippen LogP contribution >= 0.6 is 0 Å². The lowest BCUT2D eigenvalue weighted by Crippen LogP contribution is -2.39. The van der Waals surface area contributed by atoms with Crippen LogP contribution < -0.4 is 0 Å². The first-order chi connectivity index (χ1) is 4.88. The van der Waals surface area contributed by atoms with E-state index < -0.39 is 11.7 Å². The number of aliphatic hydroxyl groups excluding tert-OH is 1. The average molecular weight is 162 g/mol. The van der Waals surface area contributed by atoms with E-state index in [0.717, 1.165) is 0 Å². The summed E-state index contributed by atoms with van der Waals surface area (Å²) in [6.45, 7) is 5.02. The standard InChI is InChI=1S/C8H18O3/c1-6(9)5-7(11-4)8(2,3)10/h6-7,9-10H,5H2,1-4H3. The van der Waals surface area contributed by atoms with Crippen molar-refractivity contribution in [1.82, 2.24) is 0 Å². The summed E-state index contributed by atoms with van der Waals surface area (Å²) in [6, 6.07) is 0. The van der Waals surface area contributed by atoms with Crippen LogP contribution in [0.5, 0.6) is 0 Å². The van der Waals surface area contributed by atoms with Gasteiger partial charge in [-0.3, -0.25) is 0 Å². The molecule has 0 aromatic carbocycles. The highest BCUT2D eigenvalue weighted by Crippen LogP contribution is 2.16. The fourth-order valence-electron chi connectivity index (χ4n) is 0.983. The molecule has 2 unspecified atom stereocenters. The monoisotopic (exact) mass is 162 g/mol. The normalized spacial score (nSPS) is 18.0. The summed E-state index contributed by atoms with van der Waals surface area (Å²) in [4.78, 5) is 0. The minimum Gasteiger partial charge on any atom is -0.393 e. The number of hydrogen-bond acceptors (Lipinski definition) is 3. The molecule has 0 aliphatic rings. The molecule has 0 saturated heterocycles. The number of aliphatic hydroxyl groups is 2. The zero-order valence-electron chi connectivity index (χ0n) is 7.66. The van der Waals surface area contributed by atoms with Crippen LogP contribution in [0.4, 0.5) is 0 Å². The van der Waals surface area contributed by atoms with Crippen molar-refractivity contribution in [3.8, 4) is 0 Å². The summed E-state index contributed by atoms with van der Waals surface area (Å²) in [5.74, 6) is 0. The van der Waals surface area contributed by atoms with Gasteiger partial charge in [0.25, 0.3) is 0 Å². The Hall–Kier alpha value is -0.120. The number of methoxy groups -OCH3 is 1. The zero-order valence-corrected chi connectivity index (χ0v) is 7.66. The predicted molar refractivity (Wildman–Crippen MR) is 43.4 cm³/mol. The van der Waals surface area contributed by atoms with E-state index in [9.17, 15) is 5.11 Å². The molecular formula is C8H18O3. The highest BCUT2D eigenvalue weighted by Gasteiger charge is 2.27. The largest absolute Gasteiger partial charge is 0.393 e. The maximum atomic E-state index is 9.49. The summed E-state index contributed by atoms with van der Waals surface area (Å²) in [7, 11) is 1.53. The lowest BCUT2D eigenvalue weighted by molar-refractivity contribution is -0.0861. The lowest BCUT2D eigenvalue weighted by atomic mass is 9.97. The van der Waals surface area contributed by atoms with Gasteiger partial charge in [-0.05, 0) is 20.8 Å². The van der Waals surface area contributed by atoms with Crippen molar-refractivity contribution in [2.24, 2.45) is 0 Å². The Labute approximate surface area is 68.0 Å². The maximum absolute atomic E-state index is 9.49. The molecular weight excluding hydrogens is 144 g/mol. The zero-order chi connectivity index (χ0) is 9.07. The van der Waals surface area contributed by atoms with E-state index in [1.807, 2.05) is 0 Å². The van der Waals surface area contributed by atoms with Crippen molar-refractivity contribution >= 4 is 0 Å². The molecule has 0 bridgehead atoms. The van der Waals surface area contributed by atoms with Crippen molar-refractivity contribution in [3.63, 3.8) is 0 Å². The van der Waals surface area contributed by atoms with Gasteiger partial charge < -0.3 is 14.9 Å². The molecule has 0 fully saturated rings. The first-order valence-corrected chi connectivity index (χ1v) is 3.81. The molecule has 2 N–H and O–H groups in total. The highest BCUT2D eigenvalue weighted by molar-refractivity contribution is 4.79. The molecule has 0 amide bonds. The molecule has 3 nitrogen and oxygen atoms in total. The van der Waals surface area contributed by atoms with Crippen LogP contribution in [-0.4, -0.2) is 35.1 Å². The Morgan fingerprint density at radius 2 is 1.91 bits per heavy atom. The molecule has 0 heterocycles. The minimum atomic E-state index is -0.883. The van der Waals surface area contributed by atoms with E-state index in [1.165, 1.54) is 7.11 Å². The van der Waals surface area contributed by atoms with E-state index in [1.54, 1.807) is 20.8 Å². The third-order valence-electron chi connectivity index (χ3n) is 1.63. The van der Waals surface area contributed by atoms with Gasteiger partial charge in [0.05, 0.1) is 17.8 Å². The molecule has 3 heteroatoms. The first-order valence-electron chi connectivity index (χ1n) is 3.81. The van der Waals surface area contributed by atoms with Crippen molar-refractivity contribution in [3.05, 3.63) is 0 Å². The van der Waals surface area contributed by atoms with Crippen molar-refractivity contribution in [2.75, 3.05) is 7.11 Å². The van der Waals surface area contributed by atoms with Crippen molar-refractivity contribution < 1.29 is 14.9 Å². The summed E-state index contributed by atoms with van der Waals surface area (Å²) in [6.07, 6.45) is -0.283. The molecule has 0 aromatic rings. The summed E-state index contributed by atoms with van der Waals surface area (Å²) in [5.41, 5.74) is -0.883. The van der Waals surface area contributed by atoms with Gasteiger partial charge in [0.15, 0.2) is 0 Å². The smallest absolute Gasteiger partial charge is 0.0877 e. The highest BCUT2D eigenvalue weighted by atomic mass is 16.5. The van der Waals surface area contributed by atoms with Crippen LogP contribution in [0.1, 0.15) is 27.2 Å². The van der Waals surface area contributed by atoms with E-state index in [0.29, 0.717) is 6.42 Å². The molecule has 0 aromatic heterocycles. The quantitative estimate of drug-likeness (QED) is 0.634. The number of ether oxygens (including phenoxy) is 1. The molecule has 11 heavy (non-hydrogen) atoms. The first kappa shape index (κ1) is 10.9.